The van der Waals surface area contributed by atoms with E-state index in [1.165, 1.54) is 12.1 Å². The smallest absolute Gasteiger partial charge is 0.286 e. The Balaban J connectivity index is 1.43. The number of carbonyl (C=O) groups excluding carboxylic acids is 1. The average Bonchev–Trinajstić information content (AvgIpc) is 3.14. The Hall–Kier alpha value is -3.49. The number of rotatable bonds is 5. The molecule has 2 aliphatic rings. The lowest BCUT2D eigenvalue weighted by molar-refractivity contribution is -0.385. The van der Waals surface area contributed by atoms with Gasteiger partial charge in [-0.25, -0.2) is 0 Å². The van der Waals surface area contributed by atoms with E-state index in [0.717, 1.165) is 5.56 Å². The number of amides is 1. The number of ether oxygens (including phenoxy) is 4. The Morgan fingerprint density at radius 3 is 2.48 bits per heavy atom. The van der Waals surface area contributed by atoms with Crippen molar-refractivity contribution >= 4 is 11.6 Å². The fourth-order valence-electron chi connectivity index (χ4n) is 2.92. The van der Waals surface area contributed by atoms with E-state index >= 15 is 0 Å². The van der Waals surface area contributed by atoms with Crippen molar-refractivity contribution in [1.82, 2.24) is 5.32 Å². The molecule has 1 N–H and O–H groups in total. The Morgan fingerprint density at radius 1 is 1.00 bits per heavy atom. The van der Waals surface area contributed by atoms with E-state index < -0.39 is 10.8 Å². The van der Waals surface area contributed by atoms with E-state index in [9.17, 15) is 14.9 Å². The Bertz CT molecular complexity index is 913. The molecule has 140 valence electrons. The molecule has 0 spiro atoms. The maximum Gasteiger partial charge on any atom is 0.286 e. The number of carbonyl (C=O) groups is 1. The van der Waals surface area contributed by atoms with E-state index in [4.69, 9.17) is 18.9 Å². The third-order valence-corrected chi connectivity index (χ3v) is 4.24. The minimum Gasteiger partial charge on any atom is -0.486 e. The molecule has 9 nitrogen and oxygen atoms in total. The number of nitrogens with zero attached hydrogens (tertiary/aromatic N) is 1. The standard InChI is InChI=1S/C18H16N2O7/c21-18(12-8-16-17(27-10-26-16)9-13(12)20(22)23)19-4-3-11-1-2-14-15(7-11)25-6-5-24-14/h1-2,7-9H,3-6,10H2,(H,19,21). The zero-order valence-electron chi connectivity index (χ0n) is 14.2. The van der Waals surface area contributed by atoms with Crippen LogP contribution >= 0.6 is 0 Å². The van der Waals surface area contributed by atoms with Gasteiger partial charge in [-0.1, -0.05) is 6.07 Å². The molecule has 0 radical (unpaired) electrons. The first-order valence-corrected chi connectivity index (χ1v) is 8.36. The molecule has 4 rings (SSSR count). The van der Waals surface area contributed by atoms with Gasteiger partial charge in [0.15, 0.2) is 23.0 Å². The summed E-state index contributed by atoms with van der Waals surface area (Å²) in [5.74, 6) is 1.41. The molecule has 0 atom stereocenters. The van der Waals surface area contributed by atoms with Crippen LogP contribution in [0, 0.1) is 10.1 Å². The van der Waals surface area contributed by atoms with Crippen molar-refractivity contribution in [3.63, 3.8) is 0 Å². The van der Waals surface area contributed by atoms with Crippen LogP contribution in [0.25, 0.3) is 0 Å². The molecule has 0 saturated heterocycles. The van der Waals surface area contributed by atoms with Gasteiger partial charge in [-0.15, -0.1) is 0 Å². The SMILES string of the molecule is O=C(NCCc1ccc2c(c1)OCCO2)c1cc2c(cc1[N+](=O)[O-])OCO2. The van der Waals surface area contributed by atoms with Gasteiger partial charge in [-0.05, 0) is 24.1 Å². The molecule has 2 aromatic rings. The van der Waals surface area contributed by atoms with Crippen LogP contribution in [-0.4, -0.2) is 37.4 Å². The number of fused-ring (bicyclic) bond motifs is 2. The highest BCUT2D eigenvalue weighted by atomic mass is 16.7. The normalized spacial score (nSPS) is 13.9. The minimum atomic E-state index is -0.613. The molecule has 0 bridgehead atoms. The van der Waals surface area contributed by atoms with E-state index in [0.29, 0.717) is 43.4 Å². The summed E-state index contributed by atoms with van der Waals surface area (Å²) in [6, 6.07) is 8.12. The number of nitro benzene ring substituents is 1. The van der Waals surface area contributed by atoms with Crippen molar-refractivity contribution in [2.24, 2.45) is 0 Å². The maximum atomic E-state index is 12.4. The van der Waals surface area contributed by atoms with Crippen LogP contribution in [0.2, 0.25) is 0 Å². The van der Waals surface area contributed by atoms with Gasteiger partial charge in [0.05, 0.1) is 11.0 Å². The van der Waals surface area contributed by atoms with Gasteiger partial charge in [0.2, 0.25) is 6.79 Å². The molecular weight excluding hydrogens is 356 g/mol. The quantitative estimate of drug-likeness (QED) is 0.632. The lowest BCUT2D eigenvalue weighted by atomic mass is 10.1. The lowest BCUT2D eigenvalue weighted by Crippen LogP contribution is -2.26. The van der Waals surface area contributed by atoms with Crippen LogP contribution in [0.1, 0.15) is 15.9 Å². The van der Waals surface area contributed by atoms with Gasteiger partial charge in [0.1, 0.15) is 18.8 Å². The molecule has 0 aliphatic carbocycles. The molecule has 0 aromatic heterocycles. The summed E-state index contributed by atoms with van der Waals surface area (Å²) >= 11 is 0. The van der Waals surface area contributed by atoms with Crippen LogP contribution in [0.3, 0.4) is 0 Å². The zero-order valence-corrected chi connectivity index (χ0v) is 14.2. The Kier molecular flexibility index (Phi) is 4.41. The predicted octanol–water partition coefficient (Wildman–Crippen LogP) is 2.07. The summed E-state index contributed by atoms with van der Waals surface area (Å²) in [6.45, 7) is 1.31. The second kappa shape index (κ2) is 7.02. The van der Waals surface area contributed by atoms with Crippen molar-refractivity contribution in [3.8, 4) is 23.0 Å². The highest BCUT2D eigenvalue weighted by molar-refractivity contribution is 5.99. The summed E-state index contributed by atoms with van der Waals surface area (Å²) in [5.41, 5.74) is 0.572. The molecule has 2 aliphatic heterocycles. The third kappa shape index (κ3) is 3.43. The first kappa shape index (κ1) is 17.0. The first-order chi connectivity index (χ1) is 13.1. The van der Waals surface area contributed by atoms with Crippen molar-refractivity contribution in [1.29, 1.82) is 0 Å². The van der Waals surface area contributed by atoms with Crippen LogP contribution in [-0.2, 0) is 6.42 Å². The molecule has 0 saturated carbocycles. The predicted molar refractivity (Wildman–Crippen MR) is 92.7 cm³/mol. The maximum absolute atomic E-state index is 12.4. The van der Waals surface area contributed by atoms with Crippen LogP contribution in [0.5, 0.6) is 23.0 Å². The minimum absolute atomic E-state index is 0.0261. The third-order valence-electron chi connectivity index (χ3n) is 4.24. The summed E-state index contributed by atoms with van der Waals surface area (Å²) in [6.07, 6.45) is 0.542. The zero-order chi connectivity index (χ0) is 18.8. The van der Waals surface area contributed by atoms with Crippen molar-refractivity contribution < 1.29 is 28.7 Å². The van der Waals surface area contributed by atoms with Gasteiger partial charge < -0.3 is 24.3 Å². The number of nitro groups is 1. The second-order valence-electron chi connectivity index (χ2n) is 5.96. The fraction of sp³-hybridized carbons (Fsp3) is 0.278. The molecule has 1 amide bonds. The molecule has 0 fully saturated rings. The van der Waals surface area contributed by atoms with E-state index in [1.807, 2.05) is 18.2 Å². The number of hydrogen-bond donors (Lipinski definition) is 1. The fourth-order valence-corrected chi connectivity index (χ4v) is 2.92. The Labute approximate surface area is 153 Å². The first-order valence-electron chi connectivity index (χ1n) is 8.36. The number of benzene rings is 2. The van der Waals surface area contributed by atoms with Crippen molar-refractivity contribution in [2.75, 3.05) is 26.6 Å². The van der Waals surface area contributed by atoms with Crippen LogP contribution < -0.4 is 24.3 Å². The highest BCUT2D eigenvalue weighted by Gasteiger charge is 2.27. The van der Waals surface area contributed by atoms with E-state index in [-0.39, 0.29) is 23.8 Å². The van der Waals surface area contributed by atoms with Crippen molar-refractivity contribution in [2.45, 2.75) is 6.42 Å². The average molecular weight is 372 g/mol. The van der Waals surface area contributed by atoms with Gasteiger partial charge in [0.25, 0.3) is 11.6 Å². The summed E-state index contributed by atoms with van der Waals surface area (Å²) in [5, 5.41) is 14.0. The molecule has 0 unspecified atom stereocenters. The van der Waals surface area contributed by atoms with Crippen LogP contribution in [0.4, 0.5) is 5.69 Å². The molecule has 27 heavy (non-hydrogen) atoms. The van der Waals surface area contributed by atoms with Gasteiger partial charge in [-0.3, -0.25) is 14.9 Å². The largest absolute Gasteiger partial charge is 0.486 e. The van der Waals surface area contributed by atoms with E-state index in [2.05, 4.69) is 5.32 Å². The van der Waals surface area contributed by atoms with Crippen LogP contribution in [0.15, 0.2) is 30.3 Å². The monoisotopic (exact) mass is 372 g/mol. The number of hydrogen-bond acceptors (Lipinski definition) is 7. The molecular formula is C18H16N2O7. The number of nitrogens with one attached hydrogen (secondary N) is 1. The molecule has 2 aromatic carbocycles. The summed E-state index contributed by atoms with van der Waals surface area (Å²) in [7, 11) is 0. The molecule has 9 heteroatoms. The van der Waals surface area contributed by atoms with Gasteiger partial charge in [-0.2, -0.15) is 0 Å². The Morgan fingerprint density at radius 2 is 1.70 bits per heavy atom. The second-order valence-corrected chi connectivity index (χ2v) is 5.96. The summed E-state index contributed by atoms with van der Waals surface area (Å²) < 4.78 is 21.3. The lowest BCUT2D eigenvalue weighted by Gasteiger charge is -2.18. The summed E-state index contributed by atoms with van der Waals surface area (Å²) in [4.78, 5) is 23.1. The van der Waals surface area contributed by atoms with Gasteiger partial charge >= 0.3 is 0 Å². The van der Waals surface area contributed by atoms with E-state index in [1.54, 1.807) is 0 Å². The van der Waals surface area contributed by atoms with Crippen molar-refractivity contribution in [3.05, 3.63) is 51.6 Å². The van der Waals surface area contributed by atoms with Gasteiger partial charge in [0, 0.05) is 12.6 Å². The highest BCUT2D eigenvalue weighted by Crippen LogP contribution is 2.38. The topological polar surface area (TPSA) is 109 Å². The molecule has 2 heterocycles.